The lowest BCUT2D eigenvalue weighted by Gasteiger charge is -2.36. The van der Waals surface area contributed by atoms with Crippen LogP contribution in [0.15, 0.2) is 24.5 Å². The van der Waals surface area contributed by atoms with Crippen molar-refractivity contribution in [1.82, 2.24) is 15.2 Å². The molecule has 0 saturated carbocycles. The van der Waals surface area contributed by atoms with Gasteiger partial charge in [0.15, 0.2) is 0 Å². The highest BCUT2D eigenvalue weighted by Crippen LogP contribution is 2.09. The Balaban J connectivity index is 0.00000144. The number of carbonyl (C=O) groups is 1. The van der Waals surface area contributed by atoms with Gasteiger partial charge in [-0.3, -0.25) is 9.78 Å². The van der Waals surface area contributed by atoms with Gasteiger partial charge in [0, 0.05) is 43.1 Å². The number of hydrogen-bond acceptors (Lipinski definition) is 3. The zero-order chi connectivity index (χ0) is 11.5. The molecule has 1 saturated heterocycles. The van der Waals surface area contributed by atoms with Crippen molar-refractivity contribution in [2.45, 2.75) is 25.9 Å². The summed E-state index contributed by atoms with van der Waals surface area (Å²) in [7, 11) is 0. The minimum Gasteiger partial charge on any atom is -0.336 e. The minimum absolute atomic E-state index is 0. The molecule has 6 heteroatoms. The number of halogens is 2. The van der Waals surface area contributed by atoms with Crippen LogP contribution < -0.4 is 5.32 Å². The molecule has 1 amide bonds. The standard InChI is InChI=1S/C12H17N3O.2ClH/c1-9-7-15(8-10(2)14-9)12(16)11-3-5-13-6-4-11;;/h3-6,9-10,14H,7-8H2,1-2H3;2*1H. The first-order valence-electron chi connectivity index (χ1n) is 5.62. The predicted octanol–water partition coefficient (Wildman–Crippen LogP) is 1.75. The second kappa shape index (κ2) is 7.56. The molecule has 0 spiro atoms. The molecule has 0 aliphatic carbocycles. The lowest BCUT2D eigenvalue weighted by atomic mass is 10.1. The summed E-state index contributed by atoms with van der Waals surface area (Å²) in [5, 5.41) is 3.41. The van der Waals surface area contributed by atoms with Crippen LogP contribution in [-0.4, -0.2) is 41.0 Å². The molecular weight excluding hydrogens is 273 g/mol. The van der Waals surface area contributed by atoms with E-state index in [1.807, 2.05) is 4.90 Å². The van der Waals surface area contributed by atoms with Crippen LogP contribution in [0.5, 0.6) is 0 Å². The van der Waals surface area contributed by atoms with E-state index in [1.165, 1.54) is 0 Å². The number of nitrogens with zero attached hydrogens (tertiary/aromatic N) is 2. The van der Waals surface area contributed by atoms with E-state index >= 15 is 0 Å². The molecule has 2 atom stereocenters. The van der Waals surface area contributed by atoms with Crippen molar-refractivity contribution in [3.63, 3.8) is 0 Å². The molecule has 1 aliphatic rings. The van der Waals surface area contributed by atoms with Gasteiger partial charge in [0.05, 0.1) is 0 Å². The van der Waals surface area contributed by atoms with Crippen LogP contribution in [0.3, 0.4) is 0 Å². The Kier molecular flexibility index (Phi) is 7.21. The van der Waals surface area contributed by atoms with Gasteiger partial charge in [-0.2, -0.15) is 0 Å². The molecule has 1 aliphatic heterocycles. The van der Waals surface area contributed by atoms with Crippen LogP contribution in [0.1, 0.15) is 24.2 Å². The van der Waals surface area contributed by atoms with Gasteiger partial charge >= 0.3 is 0 Å². The van der Waals surface area contributed by atoms with Gasteiger partial charge in [0.1, 0.15) is 0 Å². The van der Waals surface area contributed by atoms with Crippen molar-refractivity contribution < 1.29 is 4.79 Å². The molecular formula is C12H19Cl2N3O. The van der Waals surface area contributed by atoms with Crippen molar-refractivity contribution in [2.75, 3.05) is 13.1 Å². The zero-order valence-corrected chi connectivity index (χ0v) is 12.1. The number of carbonyl (C=O) groups excluding carboxylic acids is 1. The molecule has 18 heavy (non-hydrogen) atoms. The first-order chi connectivity index (χ1) is 7.66. The maximum atomic E-state index is 12.2. The van der Waals surface area contributed by atoms with Gasteiger partial charge in [-0.15, -0.1) is 24.8 Å². The van der Waals surface area contributed by atoms with Gasteiger partial charge in [-0.1, -0.05) is 0 Å². The zero-order valence-electron chi connectivity index (χ0n) is 10.5. The lowest BCUT2D eigenvalue weighted by Crippen LogP contribution is -2.55. The Morgan fingerprint density at radius 3 is 2.22 bits per heavy atom. The molecule has 2 unspecified atom stereocenters. The van der Waals surface area contributed by atoms with E-state index in [0.717, 1.165) is 18.7 Å². The number of piperazine rings is 1. The SMILES string of the molecule is CC1CN(C(=O)c2ccncc2)CC(C)N1.Cl.Cl. The molecule has 1 N–H and O–H groups in total. The molecule has 2 rings (SSSR count). The molecule has 4 nitrogen and oxygen atoms in total. The van der Waals surface area contributed by atoms with Gasteiger partial charge in [0.2, 0.25) is 0 Å². The monoisotopic (exact) mass is 291 g/mol. The highest BCUT2D eigenvalue weighted by molar-refractivity contribution is 5.94. The van der Waals surface area contributed by atoms with E-state index in [0.29, 0.717) is 12.1 Å². The molecule has 0 aromatic carbocycles. The number of hydrogen-bond donors (Lipinski definition) is 1. The normalized spacial score (nSPS) is 22.7. The summed E-state index contributed by atoms with van der Waals surface area (Å²) in [5.41, 5.74) is 0.719. The number of nitrogens with one attached hydrogen (secondary N) is 1. The van der Waals surface area contributed by atoms with Crippen molar-refractivity contribution in [2.24, 2.45) is 0 Å². The third-order valence-electron chi connectivity index (χ3n) is 2.77. The van der Waals surface area contributed by atoms with Crippen LogP contribution in [0.25, 0.3) is 0 Å². The van der Waals surface area contributed by atoms with E-state index in [2.05, 4.69) is 24.1 Å². The van der Waals surface area contributed by atoms with Gasteiger partial charge in [-0.25, -0.2) is 0 Å². The molecule has 0 bridgehead atoms. The largest absolute Gasteiger partial charge is 0.336 e. The average molecular weight is 292 g/mol. The van der Waals surface area contributed by atoms with E-state index < -0.39 is 0 Å². The third kappa shape index (κ3) is 4.12. The Morgan fingerprint density at radius 1 is 1.22 bits per heavy atom. The van der Waals surface area contributed by atoms with E-state index in [9.17, 15) is 4.79 Å². The molecule has 1 aromatic rings. The van der Waals surface area contributed by atoms with E-state index in [1.54, 1.807) is 24.5 Å². The summed E-state index contributed by atoms with van der Waals surface area (Å²) in [6.07, 6.45) is 3.31. The molecule has 2 heterocycles. The number of rotatable bonds is 1. The Bertz CT molecular complexity index is 365. The minimum atomic E-state index is 0. The van der Waals surface area contributed by atoms with Crippen molar-refractivity contribution in [3.05, 3.63) is 30.1 Å². The number of aromatic nitrogens is 1. The molecule has 1 aromatic heterocycles. The second-order valence-corrected chi connectivity index (χ2v) is 4.41. The fourth-order valence-corrected chi connectivity index (χ4v) is 2.17. The van der Waals surface area contributed by atoms with Gasteiger partial charge < -0.3 is 10.2 Å². The van der Waals surface area contributed by atoms with Crippen LogP contribution in [0, 0.1) is 0 Å². The van der Waals surface area contributed by atoms with Gasteiger partial charge in [0.25, 0.3) is 5.91 Å². The summed E-state index contributed by atoms with van der Waals surface area (Å²) < 4.78 is 0. The lowest BCUT2D eigenvalue weighted by molar-refractivity contribution is 0.0673. The van der Waals surface area contributed by atoms with Crippen LogP contribution >= 0.6 is 24.8 Å². The maximum Gasteiger partial charge on any atom is 0.254 e. The Hall–Kier alpha value is -0.840. The fraction of sp³-hybridized carbons (Fsp3) is 0.500. The summed E-state index contributed by atoms with van der Waals surface area (Å²) in [5.74, 6) is 0.0996. The van der Waals surface area contributed by atoms with Crippen molar-refractivity contribution in [1.29, 1.82) is 0 Å². The predicted molar refractivity (Wildman–Crippen MR) is 76.7 cm³/mol. The summed E-state index contributed by atoms with van der Waals surface area (Å²) >= 11 is 0. The summed E-state index contributed by atoms with van der Waals surface area (Å²) in [6.45, 7) is 5.74. The third-order valence-corrected chi connectivity index (χ3v) is 2.77. The highest BCUT2D eigenvalue weighted by Gasteiger charge is 2.25. The number of pyridine rings is 1. The Morgan fingerprint density at radius 2 is 1.72 bits per heavy atom. The maximum absolute atomic E-state index is 12.2. The summed E-state index contributed by atoms with van der Waals surface area (Å²) in [6, 6.07) is 4.24. The van der Waals surface area contributed by atoms with Gasteiger partial charge in [-0.05, 0) is 26.0 Å². The Labute approximate surface area is 120 Å². The average Bonchev–Trinajstić information content (AvgIpc) is 2.28. The van der Waals surface area contributed by atoms with Crippen molar-refractivity contribution >= 4 is 30.7 Å². The first kappa shape index (κ1) is 17.2. The molecule has 0 radical (unpaired) electrons. The topological polar surface area (TPSA) is 45.2 Å². The quantitative estimate of drug-likeness (QED) is 0.857. The van der Waals surface area contributed by atoms with Crippen molar-refractivity contribution in [3.8, 4) is 0 Å². The molecule has 102 valence electrons. The van der Waals surface area contributed by atoms with Crippen LogP contribution in [-0.2, 0) is 0 Å². The van der Waals surface area contributed by atoms with E-state index in [-0.39, 0.29) is 30.7 Å². The number of amides is 1. The fourth-order valence-electron chi connectivity index (χ4n) is 2.17. The van der Waals surface area contributed by atoms with Crippen LogP contribution in [0.4, 0.5) is 0 Å². The highest BCUT2D eigenvalue weighted by atomic mass is 35.5. The van der Waals surface area contributed by atoms with E-state index in [4.69, 9.17) is 0 Å². The smallest absolute Gasteiger partial charge is 0.254 e. The summed E-state index contributed by atoms with van der Waals surface area (Å²) in [4.78, 5) is 18.0. The first-order valence-corrected chi connectivity index (χ1v) is 5.62. The molecule has 1 fully saturated rings. The van der Waals surface area contributed by atoms with Crippen LogP contribution in [0.2, 0.25) is 0 Å². The second-order valence-electron chi connectivity index (χ2n) is 4.41.